The molecule has 0 bridgehead atoms. The predicted molar refractivity (Wildman–Crippen MR) is 73.0 cm³/mol. The van der Waals surface area contributed by atoms with Gasteiger partial charge in [0.05, 0.1) is 11.2 Å². The summed E-state index contributed by atoms with van der Waals surface area (Å²) in [6, 6.07) is 1.48. The fourth-order valence-electron chi connectivity index (χ4n) is 1.59. The molecule has 0 spiro atoms. The molecule has 6 heteroatoms. The van der Waals surface area contributed by atoms with Gasteiger partial charge in [-0.05, 0) is 12.8 Å². The van der Waals surface area contributed by atoms with Gasteiger partial charge in [0.1, 0.15) is 0 Å². The molecule has 19 heavy (non-hydrogen) atoms. The van der Waals surface area contributed by atoms with Gasteiger partial charge in [0.25, 0.3) is 5.56 Å². The Morgan fingerprint density at radius 1 is 1.53 bits per heavy atom. The van der Waals surface area contributed by atoms with E-state index in [1.54, 1.807) is 7.05 Å². The van der Waals surface area contributed by atoms with E-state index < -0.39 is 11.2 Å². The Morgan fingerprint density at radius 2 is 2.21 bits per heavy atom. The van der Waals surface area contributed by atoms with Crippen molar-refractivity contribution in [3.8, 4) is 0 Å². The number of unbranched alkanes of at least 4 members (excludes halogenated alkanes) is 1. The van der Waals surface area contributed by atoms with Crippen LogP contribution in [0.2, 0.25) is 0 Å². The number of carbonyl (C=O) groups excluding carboxylic acids is 1. The number of aryl methyl sites for hydroxylation is 1. The Balaban J connectivity index is 2.98. The van der Waals surface area contributed by atoms with Crippen LogP contribution in [-0.2, 0) is 18.3 Å². The molecule has 0 aliphatic carbocycles. The molecule has 0 saturated heterocycles. The molecular formula is C13H19N2O3S-. The second-order valence-corrected chi connectivity index (χ2v) is 5.52. The highest BCUT2D eigenvalue weighted by atomic mass is 32.2. The number of carbonyl (C=O) groups is 1. The molecule has 0 N–H and O–H groups in total. The van der Waals surface area contributed by atoms with Crippen molar-refractivity contribution in [1.82, 2.24) is 9.55 Å². The van der Waals surface area contributed by atoms with E-state index in [0.717, 1.165) is 24.6 Å². The molecule has 0 amide bonds. The lowest BCUT2D eigenvalue weighted by Gasteiger charge is -2.18. The zero-order chi connectivity index (χ0) is 14.4. The molecule has 0 unspecified atom stereocenters. The van der Waals surface area contributed by atoms with E-state index in [0.29, 0.717) is 23.7 Å². The minimum Gasteiger partial charge on any atom is -0.549 e. The number of nitrogens with zero attached hydrogens (tertiary/aromatic N) is 2. The van der Waals surface area contributed by atoms with Crippen molar-refractivity contribution < 1.29 is 9.90 Å². The smallest absolute Gasteiger partial charge is 0.254 e. The molecule has 0 aliphatic heterocycles. The minimum atomic E-state index is -1.10. The maximum Gasteiger partial charge on any atom is 0.254 e. The monoisotopic (exact) mass is 283 g/mol. The quantitative estimate of drug-likeness (QED) is 0.545. The van der Waals surface area contributed by atoms with Crippen LogP contribution < -0.4 is 10.7 Å². The highest BCUT2D eigenvalue weighted by Crippen LogP contribution is 2.24. The van der Waals surface area contributed by atoms with Crippen LogP contribution >= 0.6 is 11.8 Å². The first-order valence-corrected chi connectivity index (χ1v) is 7.32. The van der Waals surface area contributed by atoms with Gasteiger partial charge in [0.2, 0.25) is 0 Å². The van der Waals surface area contributed by atoms with E-state index in [1.807, 2.05) is 13.8 Å². The van der Waals surface area contributed by atoms with E-state index in [4.69, 9.17) is 0 Å². The summed E-state index contributed by atoms with van der Waals surface area (Å²) in [6.45, 7) is 3.91. The Kier molecular flexibility index (Phi) is 6.08. The summed E-state index contributed by atoms with van der Waals surface area (Å²) in [5, 5.41) is 10.9. The number of carboxylic acids is 1. The van der Waals surface area contributed by atoms with Gasteiger partial charge in [-0.1, -0.05) is 38.5 Å². The van der Waals surface area contributed by atoms with Crippen LogP contribution in [0.1, 0.15) is 38.8 Å². The molecule has 0 aromatic carbocycles. The average Bonchev–Trinajstić information content (AvgIpc) is 2.38. The molecule has 106 valence electrons. The van der Waals surface area contributed by atoms with Gasteiger partial charge in [-0.3, -0.25) is 9.36 Å². The van der Waals surface area contributed by atoms with Gasteiger partial charge in [0.15, 0.2) is 5.16 Å². The van der Waals surface area contributed by atoms with E-state index in [-0.39, 0.29) is 5.56 Å². The highest BCUT2D eigenvalue weighted by molar-refractivity contribution is 8.00. The fraction of sp³-hybridized carbons (Fsp3) is 0.615. The maximum absolute atomic E-state index is 11.7. The molecule has 1 aromatic rings. The molecule has 0 aliphatic rings. The number of hydrogen-bond acceptors (Lipinski definition) is 5. The lowest BCUT2D eigenvalue weighted by atomic mass is 10.2. The van der Waals surface area contributed by atoms with Crippen LogP contribution in [0.3, 0.4) is 0 Å². The van der Waals surface area contributed by atoms with Crippen molar-refractivity contribution in [2.24, 2.45) is 7.05 Å². The molecule has 5 nitrogen and oxygen atoms in total. The molecule has 1 aromatic heterocycles. The van der Waals surface area contributed by atoms with Crippen molar-refractivity contribution in [1.29, 1.82) is 0 Å². The topological polar surface area (TPSA) is 75.0 Å². The van der Waals surface area contributed by atoms with E-state index in [1.165, 1.54) is 10.6 Å². The van der Waals surface area contributed by atoms with Gasteiger partial charge >= 0.3 is 0 Å². The minimum absolute atomic E-state index is 0.165. The number of thioether (sulfide) groups is 1. The molecular weight excluding hydrogens is 264 g/mol. The third-order valence-electron chi connectivity index (χ3n) is 2.84. The normalized spacial score (nSPS) is 12.4. The summed E-state index contributed by atoms with van der Waals surface area (Å²) in [5.74, 6) is -1.10. The van der Waals surface area contributed by atoms with E-state index >= 15 is 0 Å². The highest BCUT2D eigenvalue weighted by Gasteiger charge is 2.15. The number of aromatic nitrogens is 2. The van der Waals surface area contributed by atoms with Gasteiger partial charge in [-0.2, -0.15) is 0 Å². The Bertz CT molecular complexity index is 499. The maximum atomic E-state index is 11.7. The second kappa shape index (κ2) is 7.33. The number of carboxylic acid groups (broad SMARTS) is 1. The summed E-state index contributed by atoms with van der Waals surface area (Å²) in [6.07, 6.45) is 2.91. The van der Waals surface area contributed by atoms with Crippen molar-refractivity contribution in [2.45, 2.75) is 49.9 Å². The SMILES string of the molecule is CCCC[C@@H](Sc1nc(CC)cc(=O)n1C)C(=O)[O-]. The first-order valence-electron chi connectivity index (χ1n) is 6.44. The van der Waals surface area contributed by atoms with E-state index in [2.05, 4.69) is 4.98 Å². The lowest BCUT2D eigenvalue weighted by molar-refractivity contribution is -0.304. The lowest BCUT2D eigenvalue weighted by Crippen LogP contribution is -2.34. The van der Waals surface area contributed by atoms with Gasteiger partial charge in [-0.25, -0.2) is 4.98 Å². The third-order valence-corrected chi connectivity index (χ3v) is 4.13. The zero-order valence-corrected chi connectivity index (χ0v) is 12.3. The summed E-state index contributed by atoms with van der Waals surface area (Å²) in [7, 11) is 1.60. The van der Waals surface area contributed by atoms with Crippen LogP contribution in [0.25, 0.3) is 0 Å². The number of hydrogen-bond donors (Lipinski definition) is 0. The fourth-order valence-corrected chi connectivity index (χ4v) is 2.65. The van der Waals surface area contributed by atoms with Gasteiger partial charge < -0.3 is 9.90 Å². The van der Waals surface area contributed by atoms with Crippen LogP contribution in [-0.4, -0.2) is 20.8 Å². The van der Waals surface area contributed by atoms with Gasteiger partial charge in [0, 0.05) is 18.8 Å². The largest absolute Gasteiger partial charge is 0.549 e. The van der Waals surface area contributed by atoms with Crippen LogP contribution in [0.4, 0.5) is 0 Å². The summed E-state index contributed by atoms with van der Waals surface area (Å²) in [5.41, 5.74) is 0.514. The number of rotatable bonds is 7. The summed E-state index contributed by atoms with van der Waals surface area (Å²) in [4.78, 5) is 27.2. The van der Waals surface area contributed by atoms with Crippen molar-refractivity contribution in [3.05, 3.63) is 22.1 Å². The summed E-state index contributed by atoms with van der Waals surface area (Å²) < 4.78 is 1.38. The zero-order valence-electron chi connectivity index (χ0n) is 11.5. The third kappa shape index (κ3) is 4.38. The second-order valence-electron chi connectivity index (χ2n) is 4.35. The van der Waals surface area contributed by atoms with Crippen molar-refractivity contribution in [3.63, 3.8) is 0 Å². The first-order chi connectivity index (χ1) is 8.99. The molecule has 0 radical (unpaired) electrons. The molecule has 1 heterocycles. The van der Waals surface area contributed by atoms with Gasteiger partial charge in [-0.15, -0.1) is 0 Å². The van der Waals surface area contributed by atoms with Crippen LogP contribution in [0, 0.1) is 0 Å². The molecule has 1 atom stereocenters. The van der Waals surface area contributed by atoms with E-state index in [9.17, 15) is 14.7 Å². The standard InChI is InChI=1S/C13H20N2O3S/c1-4-6-7-10(12(17)18)19-13-14-9(5-2)8-11(16)15(13)3/h8,10H,4-7H2,1-3H3,(H,17,18)/p-1/t10-/m1/s1. The Morgan fingerprint density at radius 3 is 2.74 bits per heavy atom. The molecule has 1 rings (SSSR count). The summed E-state index contributed by atoms with van der Waals surface area (Å²) >= 11 is 1.10. The van der Waals surface area contributed by atoms with Crippen LogP contribution in [0.5, 0.6) is 0 Å². The van der Waals surface area contributed by atoms with Crippen molar-refractivity contribution >= 4 is 17.7 Å². The van der Waals surface area contributed by atoms with Crippen LogP contribution in [0.15, 0.2) is 16.0 Å². The first kappa shape index (κ1) is 15.8. The number of aliphatic carboxylic acids is 1. The average molecular weight is 283 g/mol. The molecule has 0 fully saturated rings. The Hall–Kier alpha value is -1.30. The van der Waals surface area contributed by atoms with Crippen molar-refractivity contribution in [2.75, 3.05) is 0 Å². The molecule has 0 saturated carbocycles. The predicted octanol–water partition coefficient (Wildman–Crippen LogP) is 0.743. The Labute approximate surface area is 117 Å².